The van der Waals surface area contributed by atoms with Gasteiger partial charge in [0.25, 0.3) is 5.91 Å². The van der Waals surface area contributed by atoms with E-state index < -0.39 is 12.1 Å². The van der Waals surface area contributed by atoms with Crippen LogP contribution < -0.4 is 5.32 Å². The number of hydrogen-bond acceptors (Lipinski definition) is 5. The molecule has 0 radical (unpaired) electrons. The number of H-pyrrole nitrogens is 1. The highest BCUT2D eigenvalue weighted by molar-refractivity contribution is 5.86. The molecule has 29 heavy (non-hydrogen) atoms. The van der Waals surface area contributed by atoms with E-state index in [4.69, 9.17) is 4.74 Å². The van der Waals surface area contributed by atoms with Crippen LogP contribution in [0.5, 0.6) is 0 Å². The maximum absolute atomic E-state index is 13.0. The van der Waals surface area contributed by atoms with Gasteiger partial charge in [0.1, 0.15) is 12.4 Å². The van der Waals surface area contributed by atoms with E-state index >= 15 is 0 Å². The Morgan fingerprint density at radius 3 is 2.86 bits per heavy atom. The number of nitrogens with one attached hydrogen (secondary N) is 2. The number of carbonyl (C=O) groups excluding carboxylic acids is 2. The SMILES string of the molecule is O=C(NCc1nc2ccccc2[nH]1)[C@H]1OCC(=O)N(C2CC2)[C@@H]1c1cccnc1. The molecule has 2 aromatic heterocycles. The average Bonchev–Trinajstić information content (AvgIpc) is 3.50. The first-order valence-electron chi connectivity index (χ1n) is 9.75. The number of morpholine rings is 1. The predicted octanol–water partition coefficient (Wildman–Crippen LogP) is 1.71. The maximum Gasteiger partial charge on any atom is 0.252 e. The van der Waals surface area contributed by atoms with Gasteiger partial charge in [-0.1, -0.05) is 18.2 Å². The number of fused-ring (bicyclic) bond motifs is 1. The highest BCUT2D eigenvalue weighted by Crippen LogP contribution is 2.39. The topological polar surface area (TPSA) is 100 Å². The van der Waals surface area contributed by atoms with E-state index in [0.717, 1.165) is 29.4 Å². The molecular formula is C21H21N5O3. The van der Waals surface area contributed by atoms with Crippen molar-refractivity contribution in [3.05, 3.63) is 60.2 Å². The molecule has 3 aromatic rings. The summed E-state index contributed by atoms with van der Waals surface area (Å²) in [4.78, 5) is 39.2. The number of amides is 2. The van der Waals surface area contributed by atoms with Crippen LogP contribution in [0, 0.1) is 0 Å². The molecule has 2 amide bonds. The van der Waals surface area contributed by atoms with E-state index in [0.29, 0.717) is 5.82 Å². The molecule has 2 fully saturated rings. The molecule has 0 spiro atoms. The van der Waals surface area contributed by atoms with E-state index in [1.54, 1.807) is 12.4 Å². The van der Waals surface area contributed by atoms with E-state index in [9.17, 15) is 9.59 Å². The number of benzene rings is 1. The van der Waals surface area contributed by atoms with Crippen molar-refractivity contribution in [2.24, 2.45) is 0 Å². The lowest BCUT2D eigenvalue weighted by atomic mass is 9.98. The zero-order valence-corrected chi connectivity index (χ0v) is 15.7. The molecule has 1 saturated heterocycles. The largest absolute Gasteiger partial charge is 0.356 e. The van der Waals surface area contributed by atoms with Crippen LogP contribution in [0.2, 0.25) is 0 Å². The number of pyridine rings is 1. The van der Waals surface area contributed by atoms with Gasteiger partial charge in [0.05, 0.1) is 23.6 Å². The van der Waals surface area contributed by atoms with Crippen molar-refractivity contribution in [3.8, 4) is 0 Å². The second kappa shape index (κ2) is 7.29. The highest BCUT2D eigenvalue weighted by Gasteiger charge is 2.47. The summed E-state index contributed by atoms with van der Waals surface area (Å²) in [6.45, 7) is 0.167. The van der Waals surface area contributed by atoms with Crippen LogP contribution in [0.15, 0.2) is 48.8 Å². The molecule has 1 aromatic carbocycles. The fraction of sp³-hybridized carbons (Fsp3) is 0.333. The van der Waals surface area contributed by atoms with E-state index in [-0.39, 0.29) is 31.0 Å². The fourth-order valence-electron chi connectivity index (χ4n) is 3.88. The van der Waals surface area contributed by atoms with Gasteiger partial charge in [0.15, 0.2) is 6.10 Å². The zero-order chi connectivity index (χ0) is 19.8. The van der Waals surface area contributed by atoms with Gasteiger partial charge in [0, 0.05) is 18.4 Å². The first-order valence-corrected chi connectivity index (χ1v) is 9.75. The molecule has 148 valence electrons. The van der Waals surface area contributed by atoms with Crippen LogP contribution in [-0.4, -0.2) is 50.4 Å². The molecule has 1 saturated carbocycles. The molecule has 5 rings (SSSR count). The van der Waals surface area contributed by atoms with Gasteiger partial charge in [-0.3, -0.25) is 14.6 Å². The van der Waals surface area contributed by atoms with E-state index in [1.807, 2.05) is 41.3 Å². The normalized spacial score (nSPS) is 22.1. The molecular weight excluding hydrogens is 370 g/mol. The molecule has 8 heteroatoms. The van der Waals surface area contributed by atoms with Gasteiger partial charge < -0.3 is 19.9 Å². The van der Waals surface area contributed by atoms with Crippen LogP contribution in [0.25, 0.3) is 11.0 Å². The third kappa shape index (κ3) is 3.47. The van der Waals surface area contributed by atoms with Crippen molar-refractivity contribution in [2.45, 2.75) is 37.6 Å². The minimum absolute atomic E-state index is 0.0808. The Balaban J connectivity index is 1.37. The number of rotatable bonds is 5. The lowest BCUT2D eigenvalue weighted by molar-refractivity contribution is -0.165. The average molecular weight is 391 g/mol. The van der Waals surface area contributed by atoms with Crippen molar-refractivity contribution in [1.29, 1.82) is 0 Å². The predicted molar refractivity (Wildman–Crippen MR) is 105 cm³/mol. The van der Waals surface area contributed by atoms with Crippen LogP contribution >= 0.6 is 0 Å². The number of carbonyl (C=O) groups is 2. The quantitative estimate of drug-likeness (QED) is 0.690. The van der Waals surface area contributed by atoms with Gasteiger partial charge in [-0.15, -0.1) is 0 Å². The smallest absolute Gasteiger partial charge is 0.252 e. The number of ether oxygens (including phenoxy) is 1. The van der Waals surface area contributed by atoms with Crippen molar-refractivity contribution in [3.63, 3.8) is 0 Å². The number of para-hydroxylation sites is 2. The van der Waals surface area contributed by atoms with Crippen LogP contribution in [0.3, 0.4) is 0 Å². The Hall–Kier alpha value is -3.26. The monoisotopic (exact) mass is 391 g/mol. The maximum atomic E-state index is 13.0. The summed E-state index contributed by atoms with van der Waals surface area (Å²) < 4.78 is 5.71. The summed E-state index contributed by atoms with van der Waals surface area (Å²) in [7, 11) is 0. The lowest BCUT2D eigenvalue weighted by Crippen LogP contribution is -2.55. The van der Waals surface area contributed by atoms with Gasteiger partial charge in [-0.25, -0.2) is 4.98 Å². The van der Waals surface area contributed by atoms with Crippen molar-refractivity contribution < 1.29 is 14.3 Å². The van der Waals surface area contributed by atoms with E-state index in [1.165, 1.54) is 0 Å². The van der Waals surface area contributed by atoms with E-state index in [2.05, 4.69) is 20.3 Å². The van der Waals surface area contributed by atoms with Crippen LogP contribution in [0.4, 0.5) is 0 Å². The van der Waals surface area contributed by atoms with Crippen LogP contribution in [-0.2, 0) is 20.9 Å². The molecule has 2 aliphatic rings. The Labute approximate surface area is 167 Å². The molecule has 3 heterocycles. The minimum Gasteiger partial charge on any atom is -0.356 e. The molecule has 8 nitrogen and oxygen atoms in total. The minimum atomic E-state index is -0.790. The molecule has 2 atom stereocenters. The Morgan fingerprint density at radius 2 is 2.10 bits per heavy atom. The van der Waals surface area contributed by atoms with Gasteiger partial charge in [-0.2, -0.15) is 0 Å². The summed E-state index contributed by atoms with van der Waals surface area (Å²) in [5.41, 5.74) is 2.57. The second-order valence-electron chi connectivity index (χ2n) is 7.41. The van der Waals surface area contributed by atoms with Crippen molar-refractivity contribution in [2.75, 3.05) is 6.61 Å². The molecule has 1 aliphatic heterocycles. The standard InChI is InChI=1S/C21H21N5O3/c27-18-12-29-20(19(26(18)14-7-8-14)13-4-3-9-22-10-13)21(28)23-11-17-24-15-5-1-2-6-16(15)25-17/h1-6,9-10,14,19-20H,7-8,11-12H2,(H,23,28)(H,24,25)/t19-,20+/m1/s1. The fourth-order valence-corrected chi connectivity index (χ4v) is 3.88. The Bertz CT molecular complexity index is 1010. The summed E-state index contributed by atoms with van der Waals surface area (Å²) in [6, 6.07) is 11.1. The summed E-state index contributed by atoms with van der Waals surface area (Å²) in [5, 5.41) is 2.91. The molecule has 0 bridgehead atoms. The highest BCUT2D eigenvalue weighted by atomic mass is 16.5. The second-order valence-corrected chi connectivity index (χ2v) is 7.41. The summed E-state index contributed by atoms with van der Waals surface area (Å²) in [5.74, 6) is 0.323. The Kier molecular flexibility index (Phi) is 4.48. The third-order valence-electron chi connectivity index (χ3n) is 5.35. The first-order chi connectivity index (χ1) is 14.2. The van der Waals surface area contributed by atoms with Crippen molar-refractivity contribution in [1.82, 2.24) is 25.2 Å². The van der Waals surface area contributed by atoms with Crippen molar-refractivity contribution >= 4 is 22.8 Å². The lowest BCUT2D eigenvalue weighted by Gasteiger charge is -2.40. The first kappa shape index (κ1) is 17.8. The molecule has 1 aliphatic carbocycles. The zero-order valence-electron chi connectivity index (χ0n) is 15.7. The summed E-state index contributed by atoms with van der Waals surface area (Å²) in [6.07, 6.45) is 4.49. The number of aromatic amines is 1. The van der Waals surface area contributed by atoms with Gasteiger partial charge in [0.2, 0.25) is 5.91 Å². The van der Waals surface area contributed by atoms with Gasteiger partial charge >= 0.3 is 0 Å². The number of aromatic nitrogens is 3. The number of hydrogen-bond donors (Lipinski definition) is 2. The number of nitrogens with zero attached hydrogens (tertiary/aromatic N) is 3. The van der Waals surface area contributed by atoms with Gasteiger partial charge in [-0.05, 0) is 36.6 Å². The molecule has 2 N–H and O–H groups in total. The third-order valence-corrected chi connectivity index (χ3v) is 5.35. The number of imidazole rings is 1. The summed E-state index contributed by atoms with van der Waals surface area (Å²) >= 11 is 0. The molecule has 0 unspecified atom stereocenters. The van der Waals surface area contributed by atoms with Crippen LogP contribution in [0.1, 0.15) is 30.3 Å². The Morgan fingerprint density at radius 1 is 1.24 bits per heavy atom.